The first-order valence-corrected chi connectivity index (χ1v) is 6.75. The van der Waals surface area contributed by atoms with Crippen molar-refractivity contribution in [1.82, 2.24) is 4.90 Å². The lowest BCUT2D eigenvalue weighted by molar-refractivity contribution is -0.137. The average Bonchev–Trinajstić information content (AvgIpc) is 2.62. The number of rotatable bonds is 2. The fourth-order valence-corrected chi connectivity index (χ4v) is 2.50. The van der Waals surface area contributed by atoms with E-state index in [0.29, 0.717) is 18.7 Å². The second-order valence-electron chi connectivity index (χ2n) is 5.20. The third-order valence-electron chi connectivity index (χ3n) is 3.66. The maximum Gasteiger partial charge on any atom is 0.418 e. The molecule has 1 fully saturated rings. The molecule has 6 heteroatoms. The number of alkyl halides is 3. The van der Waals surface area contributed by atoms with Crippen molar-refractivity contribution in [3.63, 3.8) is 0 Å². The highest BCUT2D eigenvalue weighted by Gasteiger charge is 2.35. The maximum atomic E-state index is 13.2. The molecule has 0 saturated carbocycles. The minimum atomic E-state index is -4.35. The standard InChI is InChI=1S/C14H20F3N3/c1-19-5-2-6-20(8-7-19)13-4-3-11(10-18)9-12(13)14(15,16)17/h3-4,9H,2,5-8,10,18H2,1H3. The molecule has 0 amide bonds. The summed E-state index contributed by atoms with van der Waals surface area (Å²) >= 11 is 0. The van der Waals surface area contributed by atoms with E-state index in [2.05, 4.69) is 4.90 Å². The van der Waals surface area contributed by atoms with Gasteiger partial charge in [-0.1, -0.05) is 6.07 Å². The molecular formula is C14H20F3N3. The number of likely N-dealkylation sites (N-methyl/N-ethyl adjacent to an activating group) is 1. The molecule has 0 spiro atoms. The third kappa shape index (κ3) is 3.43. The van der Waals surface area contributed by atoms with Crippen molar-refractivity contribution in [2.24, 2.45) is 5.73 Å². The molecule has 0 aliphatic carbocycles. The van der Waals surface area contributed by atoms with Crippen LogP contribution in [0.5, 0.6) is 0 Å². The summed E-state index contributed by atoms with van der Waals surface area (Å²) in [4.78, 5) is 3.97. The second kappa shape index (κ2) is 6.01. The normalized spacial score (nSPS) is 18.1. The largest absolute Gasteiger partial charge is 0.418 e. The van der Waals surface area contributed by atoms with Crippen molar-refractivity contribution in [2.75, 3.05) is 38.1 Å². The molecule has 2 rings (SSSR count). The quantitative estimate of drug-likeness (QED) is 0.906. The van der Waals surface area contributed by atoms with Crippen LogP contribution in [0, 0.1) is 0 Å². The fraction of sp³-hybridized carbons (Fsp3) is 0.571. The van der Waals surface area contributed by atoms with E-state index in [9.17, 15) is 13.2 Å². The van der Waals surface area contributed by atoms with E-state index >= 15 is 0 Å². The van der Waals surface area contributed by atoms with Crippen LogP contribution in [0.3, 0.4) is 0 Å². The number of nitrogens with zero attached hydrogens (tertiary/aromatic N) is 2. The Labute approximate surface area is 117 Å². The zero-order chi connectivity index (χ0) is 14.8. The van der Waals surface area contributed by atoms with Gasteiger partial charge in [-0.05, 0) is 37.7 Å². The van der Waals surface area contributed by atoms with Crippen LogP contribution in [0.2, 0.25) is 0 Å². The van der Waals surface area contributed by atoms with Gasteiger partial charge in [0.25, 0.3) is 0 Å². The summed E-state index contributed by atoms with van der Waals surface area (Å²) in [5.74, 6) is 0. The second-order valence-corrected chi connectivity index (χ2v) is 5.20. The van der Waals surface area contributed by atoms with Crippen molar-refractivity contribution >= 4 is 5.69 Å². The van der Waals surface area contributed by atoms with Crippen molar-refractivity contribution in [3.8, 4) is 0 Å². The van der Waals surface area contributed by atoms with Crippen LogP contribution in [0.15, 0.2) is 18.2 Å². The fourth-order valence-electron chi connectivity index (χ4n) is 2.50. The topological polar surface area (TPSA) is 32.5 Å². The highest BCUT2D eigenvalue weighted by molar-refractivity contribution is 5.56. The van der Waals surface area contributed by atoms with Gasteiger partial charge < -0.3 is 15.5 Å². The average molecular weight is 287 g/mol. The molecule has 2 N–H and O–H groups in total. The number of benzene rings is 1. The Hall–Kier alpha value is -1.27. The highest BCUT2D eigenvalue weighted by atomic mass is 19.4. The van der Waals surface area contributed by atoms with Gasteiger partial charge in [-0.25, -0.2) is 0 Å². The van der Waals surface area contributed by atoms with E-state index in [1.165, 1.54) is 6.07 Å². The number of nitrogens with two attached hydrogens (primary N) is 1. The van der Waals surface area contributed by atoms with Crippen molar-refractivity contribution in [1.29, 1.82) is 0 Å². The summed E-state index contributed by atoms with van der Waals surface area (Å²) in [6.45, 7) is 3.07. The van der Waals surface area contributed by atoms with Crippen LogP contribution in [0.1, 0.15) is 17.5 Å². The van der Waals surface area contributed by atoms with Crippen LogP contribution >= 0.6 is 0 Å². The summed E-state index contributed by atoms with van der Waals surface area (Å²) in [7, 11) is 1.99. The summed E-state index contributed by atoms with van der Waals surface area (Å²) < 4.78 is 39.7. The Morgan fingerprint density at radius 1 is 1.15 bits per heavy atom. The molecule has 20 heavy (non-hydrogen) atoms. The summed E-state index contributed by atoms with van der Waals surface area (Å²) in [5.41, 5.74) is 5.64. The monoisotopic (exact) mass is 287 g/mol. The molecule has 0 bridgehead atoms. The number of anilines is 1. The van der Waals surface area contributed by atoms with Gasteiger partial charge in [-0.15, -0.1) is 0 Å². The van der Waals surface area contributed by atoms with E-state index in [1.807, 2.05) is 11.9 Å². The van der Waals surface area contributed by atoms with Crippen LogP contribution in [-0.4, -0.2) is 38.1 Å². The van der Waals surface area contributed by atoms with Crippen molar-refractivity contribution < 1.29 is 13.2 Å². The van der Waals surface area contributed by atoms with Gasteiger partial charge in [0.1, 0.15) is 0 Å². The van der Waals surface area contributed by atoms with Gasteiger partial charge in [-0.3, -0.25) is 0 Å². The Morgan fingerprint density at radius 2 is 1.90 bits per heavy atom. The highest BCUT2D eigenvalue weighted by Crippen LogP contribution is 2.37. The number of hydrogen-bond donors (Lipinski definition) is 1. The maximum absolute atomic E-state index is 13.2. The zero-order valence-corrected chi connectivity index (χ0v) is 11.6. The lowest BCUT2D eigenvalue weighted by atomic mass is 10.1. The number of halogens is 3. The molecule has 1 aromatic carbocycles. The molecule has 0 atom stereocenters. The van der Waals surface area contributed by atoms with Gasteiger partial charge in [0, 0.05) is 31.9 Å². The molecule has 1 saturated heterocycles. The minimum Gasteiger partial charge on any atom is -0.370 e. The lowest BCUT2D eigenvalue weighted by Gasteiger charge is -2.26. The van der Waals surface area contributed by atoms with E-state index in [-0.39, 0.29) is 12.2 Å². The molecule has 1 aromatic rings. The molecule has 1 heterocycles. The van der Waals surface area contributed by atoms with Crippen molar-refractivity contribution in [3.05, 3.63) is 29.3 Å². The third-order valence-corrected chi connectivity index (χ3v) is 3.66. The first-order chi connectivity index (χ1) is 9.41. The van der Waals surface area contributed by atoms with Gasteiger partial charge in [0.2, 0.25) is 0 Å². The Morgan fingerprint density at radius 3 is 2.55 bits per heavy atom. The minimum absolute atomic E-state index is 0.117. The smallest absolute Gasteiger partial charge is 0.370 e. The summed E-state index contributed by atoms with van der Waals surface area (Å²) in [6, 6.07) is 4.40. The van der Waals surface area contributed by atoms with Crippen molar-refractivity contribution in [2.45, 2.75) is 19.1 Å². The van der Waals surface area contributed by atoms with Gasteiger partial charge in [0.05, 0.1) is 5.56 Å². The summed E-state index contributed by atoms with van der Waals surface area (Å²) in [5, 5.41) is 0. The molecule has 0 unspecified atom stereocenters. The van der Waals surface area contributed by atoms with Crippen LogP contribution in [-0.2, 0) is 12.7 Å². The first kappa shape index (κ1) is 15.1. The van der Waals surface area contributed by atoms with Crippen LogP contribution in [0.4, 0.5) is 18.9 Å². The molecule has 0 radical (unpaired) electrons. The number of hydrogen-bond acceptors (Lipinski definition) is 3. The Balaban J connectivity index is 2.34. The van der Waals surface area contributed by atoms with Gasteiger partial charge in [-0.2, -0.15) is 13.2 Å². The lowest BCUT2D eigenvalue weighted by Crippen LogP contribution is -2.30. The van der Waals surface area contributed by atoms with Gasteiger partial charge in [0.15, 0.2) is 0 Å². The van der Waals surface area contributed by atoms with E-state index in [4.69, 9.17) is 5.73 Å². The van der Waals surface area contributed by atoms with E-state index < -0.39 is 11.7 Å². The molecule has 112 valence electrons. The van der Waals surface area contributed by atoms with E-state index in [0.717, 1.165) is 19.5 Å². The first-order valence-electron chi connectivity index (χ1n) is 6.75. The molecular weight excluding hydrogens is 267 g/mol. The predicted octanol–water partition coefficient (Wildman–Crippen LogP) is 2.31. The Kier molecular flexibility index (Phi) is 4.55. The Bertz CT molecular complexity index is 459. The zero-order valence-electron chi connectivity index (χ0n) is 11.6. The van der Waals surface area contributed by atoms with E-state index in [1.54, 1.807) is 12.1 Å². The molecule has 0 aromatic heterocycles. The van der Waals surface area contributed by atoms with Crippen LogP contribution in [0.25, 0.3) is 0 Å². The molecule has 1 aliphatic rings. The van der Waals surface area contributed by atoms with Crippen LogP contribution < -0.4 is 10.6 Å². The SMILES string of the molecule is CN1CCCN(c2ccc(CN)cc2C(F)(F)F)CC1. The predicted molar refractivity (Wildman–Crippen MR) is 73.7 cm³/mol. The van der Waals surface area contributed by atoms with Gasteiger partial charge >= 0.3 is 6.18 Å². The molecule has 3 nitrogen and oxygen atoms in total. The molecule has 1 aliphatic heterocycles. The summed E-state index contributed by atoms with van der Waals surface area (Å²) in [6.07, 6.45) is -3.48.